The number of carbonyl (C=O) groups is 1. The maximum absolute atomic E-state index is 13.0. The van der Waals surface area contributed by atoms with Gasteiger partial charge >= 0.3 is 0 Å². The number of nitro groups is 1. The van der Waals surface area contributed by atoms with E-state index in [2.05, 4.69) is 10.5 Å². The molecule has 0 bridgehead atoms. The Hall–Kier alpha value is -3.55. The van der Waals surface area contributed by atoms with Gasteiger partial charge in [0.2, 0.25) is 0 Å². The number of amides is 1. The summed E-state index contributed by atoms with van der Waals surface area (Å²) in [5, 5.41) is 17.5. The first-order valence-electron chi connectivity index (χ1n) is 7.69. The van der Waals surface area contributed by atoms with E-state index in [9.17, 15) is 19.3 Å². The number of hydrogen-bond acceptors (Lipinski definition) is 5. The smallest absolute Gasteiger partial charge is 0.273 e. The highest BCUT2D eigenvalue weighted by Crippen LogP contribution is 2.22. The van der Waals surface area contributed by atoms with Crippen molar-refractivity contribution in [1.29, 1.82) is 0 Å². The number of benzene rings is 2. The molecule has 0 radical (unpaired) electrons. The van der Waals surface area contributed by atoms with Crippen LogP contribution in [0.4, 0.5) is 10.1 Å². The second kappa shape index (κ2) is 7.14. The van der Waals surface area contributed by atoms with Crippen molar-refractivity contribution in [2.24, 2.45) is 0 Å². The monoisotopic (exact) mass is 355 g/mol. The Morgan fingerprint density at radius 1 is 1.27 bits per heavy atom. The number of nitrogens with zero attached hydrogens (tertiary/aromatic N) is 2. The molecule has 0 atom stereocenters. The lowest BCUT2D eigenvalue weighted by atomic mass is 10.1. The molecule has 1 aromatic heterocycles. The molecule has 1 heterocycles. The fraction of sp³-hybridized carbons (Fsp3) is 0.111. The third kappa shape index (κ3) is 3.59. The van der Waals surface area contributed by atoms with Crippen LogP contribution in [-0.2, 0) is 6.54 Å². The van der Waals surface area contributed by atoms with Gasteiger partial charge in [-0.25, -0.2) is 4.39 Å². The van der Waals surface area contributed by atoms with E-state index in [1.807, 2.05) is 0 Å². The molecule has 0 spiro atoms. The Morgan fingerprint density at radius 2 is 2.00 bits per heavy atom. The van der Waals surface area contributed by atoms with Crippen molar-refractivity contribution in [3.8, 4) is 11.3 Å². The van der Waals surface area contributed by atoms with Crippen molar-refractivity contribution in [3.63, 3.8) is 0 Å². The van der Waals surface area contributed by atoms with Crippen molar-refractivity contribution >= 4 is 11.6 Å². The van der Waals surface area contributed by atoms with Crippen LogP contribution < -0.4 is 5.32 Å². The van der Waals surface area contributed by atoms with Gasteiger partial charge in [0, 0.05) is 28.8 Å². The molecule has 0 fully saturated rings. The van der Waals surface area contributed by atoms with Crippen molar-refractivity contribution < 1.29 is 18.6 Å². The average molecular weight is 355 g/mol. The zero-order valence-electron chi connectivity index (χ0n) is 13.7. The summed E-state index contributed by atoms with van der Waals surface area (Å²) in [5.74, 6) is -0.355. The van der Waals surface area contributed by atoms with Gasteiger partial charge in [-0.2, -0.15) is 0 Å². The number of hydrogen-bond donors (Lipinski definition) is 1. The van der Waals surface area contributed by atoms with Crippen LogP contribution in [-0.4, -0.2) is 16.0 Å². The number of rotatable bonds is 5. The van der Waals surface area contributed by atoms with Gasteiger partial charge in [0.25, 0.3) is 11.6 Å². The lowest BCUT2D eigenvalue weighted by molar-refractivity contribution is -0.385. The largest absolute Gasteiger partial charge is 0.356 e. The summed E-state index contributed by atoms with van der Waals surface area (Å²) in [6.07, 6.45) is 0. The Balaban J connectivity index is 1.70. The average Bonchev–Trinajstić information content (AvgIpc) is 3.09. The Morgan fingerprint density at radius 3 is 2.69 bits per heavy atom. The van der Waals surface area contributed by atoms with Crippen LogP contribution in [0.1, 0.15) is 21.6 Å². The van der Waals surface area contributed by atoms with Crippen molar-refractivity contribution in [3.05, 3.63) is 81.3 Å². The van der Waals surface area contributed by atoms with E-state index in [4.69, 9.17) is 4.52 Å². The number of carbonyl (C=O) groups excluding carboxylic acids is 1. The van der Waals surface area contributed by atoms with Gasteiger partial charge in [-0.1, -0.05) is 11.2 Å². The Labute approximate surface area is 147 Å². The van der Waals surface area contributed by atoms with E-state index < -0.39 is 10.8 Å². The van der Waals surface area contributed by atoms with Crippen LogP contribution in [0.5, 0.6) is 0 Å². The van der Waals surface area contributed by atoms with Gasteiger partial charge in [0.15, 0.2) is 5.76 Å². The highest BCUT2D eigenvalue weighted by molar-refractivity contribution is 5.96. The Kier molecular flexibility index (Phi) is 4.74. The van der Waals surface area contributed by atoms with Crippen LogP contribution in [0.15, 0.2) is 53.1 Å². The molecule has 3 rings (SSSR count). The summed E-state index contributed by atoms with van der Waals surface area (Å²) in [7, 11) is 0. The molecule has 0 saturated carbocycles. The molecule has 26 heavy (non-hydrogen) atoms. The fourth-order valence-electron chi connectivity index (χ4n) is 2.48. The van der Waals surface area contributed by atoms with E-state index in [1.54, 1.807) is 18.2 Å². The van der Waals surface area contributed by atoms with Gasteiger partial charge in [-0.05, 0) is 37.3 Å². The number of halogens is 1. The molecule has 1 amide bonds. The number of aromatic nitrogens is 1. The molecule has 0 aliphatic rings. The summed E-state index contributed by atoms with van der Waals surface area (Å²) in [6.45, 7) is 1.61. The quantitative estimate of drug-likeness (QED) is 0.557. The Bertz CT molecular complexity index is 967. The maximum atomic E-state index is 13.0. The van der Waals surface area contributed by atoms with Gasteiger partial charge in [0.05, 0.1) is 11.5 Å². The van der Waals surface area contributed by atoms with E-state index in [1.165, 1.54) is 37.3 Å². The zero-order valence-corrected chi connectivity index (χ0v) is 13.7. The normalized spacial score (nSPS) is 10.5. The summed E-state index contributed by atoms with van der Waals surface area (Å²) >= 11 is 0. The highest BCUT2D eigenvalue weighted by atomic mass is 19.1. The predicted octanol–water partition coefficient (Wildman–Crippen LogP) is 3.63. The summed E-state index contributed by atoms with van der Waals surface area (Å²) < 4.78 is 18.1. The van der Waals surface area contributed by atoms with Gasteiger partial charge in [0.1, 0.15) is 11.5 Å². The van der Waals surface area contributed by atoms with Crippen molar-refractivity contribution in [2.45, 2.75) is 13.5 Å². The van der Waals surface area contributed by atoms with E-state index >= 15 is 0 Å². The molecule has 132 valence electrons. The lowest BCUT2D eigenvalue weighted by Crippen LogP contribution is -2.24. The van der Waals surface area contributed by atoms with Crippen molar-refractivity contribution in [1.82, 2.24) is 10.5 Å². The first kappa shape index (κ1) is 17.3. The van der Waals surface area contributed by atoms with Crippen LogP contribution in [0.3, 0.4) is 0 Å². The molecule has 0 aliphatic carbocycles. The first-order valence-corrected chi connectivity index (χ1v) is 7.69. The third-order valence-electron chi connectivity index (χ3n) is 3.86. The minimum absolute atomic E-state index is 0.0889. The third-order valence-corrected chi connectivity index (χ3v) is 3.86. The minimum Gasteiger partial charge on any atom is -0.356 e. The number of nitro benzene ring substituents is 1. The lowest BCUT2D eigenvalue weighted by Gasteiger charge is -2.06. The first-order chi connectivity index (χ1) is 12.5. The van der Waals surface area contributed by atoms with Crippen LogP contribution in [0.25, 0.3) is 11.3 Å². The molecule has 0 aliphatic heterocycles. The second-order valence-corrected chi connectivity index (χ2v) is 5.58. The van der Waals surface area contributed by atoms with Crippen LogP contribution >= 0.6 is 0 Å². The fourth-order valence-corrected chi connectivity index (χ4v) is 2.48. The van der Waals surface area contributed by atoms with Gasteiger partial charge in [-0.3, -0.25) is 14.9 Å². The molecule has 3 aromatic rings. The van der Waals surface area contributed by atoms with Gasteiger partial charge < -0.3 is 9.84 Å². The summed E-state index contributed by atoms with van der Waals surface area (Å²) in [5.41, 5.74) is 1.54. The molecular weight excluding hydrogens is 341 g/mol. The highest BCUT2D eigenvalue weighted by Gasteiger charge is 2.18. The summed E-state index contributed by atoms with van der Waals surface area (Å²) in [6, 6.07) is 11.7. The standard InChI is InChI=1S/C18H14FN3O4/c1-11-15(3-2-4-16(11)22(24)25)18(23)20-10-14-9-17(26-21-14)12-5-7-13(19)8-6-12/h2-9H,10H2,1H3,(H,20,23). The second-order valence-electron chi connectivity index (χ2n) is 5.58. The molecule has 8 heteroatoms. The molecule has 7 nitrogen and oxygen atoms in total. The summed E-state index contributed by atoms with van der Waals surface area (Å²) in [4.78, 5) is 22.7. The van der Waals surface area contributed by atoms with Crippen molar-refractivity contribution in [2.75, 3.05) is 0 Å². The molecule has 1 N–H and O–H groups in total. The molecule has 0 unspecified atom stereocenters. The van der Waals surface area contributed by atoms with Gasteiger partial charge in [-0.15, -0.1) is 0 Å². The van der Waals surface area contributed by atoms with E-state index in [0.29, 0.717) is 22.6 Å². The van der Waals surface area contributed by atoms with Crippen LogP contribution in [0.2, 0.25) is 0 Å². The van der Waals surface area contributed by atoms with E-state index in [0.717, 1.165) is 0 Å². The molecule has 2 aromatic carbocycles. The topological polar surface area (TPSA) is 98.3 Å². The van der Waals surface area contributed by atoms with Crippen LogP contribution in [0, 0.1) is 22.9 Å². The number of nitrogens with one attached hydrogen (secondary N) is 1. The minimum atomic E-state index is -0.529. The molecule has 0 saturated heterocycles. The SMILES string of the molecule is Cc1c(C(=O)NCc2cc(-c3ccc(F)cc3)on2)cccc1[N+](=O)[O-]. The predicted molar refractivity (Wildman–Crippen MR) is 90.9 cm³/mol. The zero-order chi connectivity index (χ0) is 18.7. The van der Waals surface area contributed by atoms with E-state index in [-0.39, 0.29) is 23.6 Å². The maximum Gasteiger partial charge on any atom is 0.273 e. The molecular formula is C18H14FN3O4.